The highest BCUT2D eigenvalue weighted by Gasteiger charge is 2.16. The van der Waals surface area contributed by atoms with Crippen LogP contribution in [0.5, 0.6) is 0 Å². The van der Waals surface area contributed by atoms with Crippen LogP contribution >= 0.6 is 0 Å². The Balaban J connectivity index is 1.56. The molecular weight excluding hydrogens is 478 g/mol. The summed E-state index contributed by atoms with van der Waals surface area (Å²) < 4.78 is 23.8. The highest BCUT2D eigenvalue weighted by Crippen LogP contribution is 2.39. The van der Waals surface area contributed by atoms with Gasteiger partial charge in [-0.05, 0) is 80.6 Å². The third-order valence-corrected chi connectivity index (χ3v) is 7.21. The first-order valence-electron chi connectivity index (χ1n) is 12.3. The largest absolute Gasteiger partial charge is 0.759 e. The van der Waals surface area contributed by atoms with E-state index in [2.05, 4.69) is 108 Å². The van der Waals surface area contributed by atoms with Gasteiger partial charge in [-0.1, -0.05) is 74.5 Å². The number of hydrogen-bond donors (Lipinski definition) is 2. The van der Waals surface area contributed by atoms with E-state index >= 15 is 0 Å². The summed E-state index contributed by atoms with van der Waals surface area (Å²) in [5.41, 5.74) is 9.19. The molecule has 0 fully saturated rings. The Kier molecular flexibility index (Phi) is 6.00. The zero-order valence-corrected chi connectivity index (χ0v) is 21.4. The van der Waals surface area contributed by atoms with Crippen molar-refractivity contribution >= 4 is 49.4 Å². The number of nitrogens with one attached hydrogen (secondary N) is 2. The minimum atomic E-state index is -2.39. The van der Waals surface area contributed by atoms with Crippen molar-refractivity contribution in [1.82, 2.24) is 9.40 Å². The van der Waals surface area contributed by atoms with Gasteiger partial charge in [0.25, 0.3) is 0 Å². The van der Waals surface area contributed by atoms with E-state index in [1.54, 1.807) is 0 Å². The summed E-state index contributed by atoms with van der Waals surface area (Å²) in [4.78, 5) is 2.18. The smallest absolute Gasteiger partial charge is 0.0537 e. The van der Waals surface area contributed by atoms with Crippen molar-refractivity contribution in [1.29, 1.82) is 0 Å². The number of anilines is 1. The number of aromatic nitrogens is 1. The lowest BCUT2D eigenvalue weighted by atomic mass is 9.91. The molecule has 6 aromatic rings. The molecule has 0 saturated heterocycles. The van der Waals surface area contributed by atoms with Crippen LogP contribution in [-0.2, 0) is 11.3 Å². The summed E-state index contributed by atoms with van der Waals surface area (Å²) in [5, 5.41) is 6.16. The second-order valence-electron chi connectivity index (χ2n) is 9.54. The van der Waals surface area contributed by atoms with E-state index in [1.165, 1.54) is 43.6 Å². The van der Waals surface area contributed by atoms with Gasteiger partial charge in [0, 0.05) is 34.2 Å². The van der Waals surface area contributed by atoms with Gasteiger partial charge >= 0.3 is 0 Å². The first-order chi connectivity index (χ1) is 18.0. The Labute approximate surface area is 218 Å². The molecular formula is C31H26N3O2S-. The lowest BCUT2D eigenvalue weighted by Gasteiger charge is -2.14. The predicted octanol–water partition coefficient (Wildman–Crippen LogP) is 7.44. The molecule has 1 atom stereocenters. The molecule has 1 heterocycles. The number of nitrogens with zero attached hydrogens (tertiary/aromatic N) is 1. The maximum Gasteiger partial charge on any atom is 0.0537 e. The Morgan fingerprint density at radius 1 is 0.784 bits per heavy atom. The van der Waals surface area contributed by atoms with Gasteiger partial charge in [-0.15, -0.1) is 0 Å². The Hall–Kier alpha value is -3.97. The fourth-order valence-corrected chi connectivity index (χ4v) is 5.41. The van der Waals surface area contributed by atoms with Crippen LogP contribution in [0.4, 0.5) is 5.69 Å². The fourth-order valence-electron chi connectivity index (χ4n) is 5.21. The van der Waals surface area contributed by atoms with Crippen LogP contribution < -0.4 is 10.3 Å². The molecule has 184 valence electrons. The van der Waals surface area contributed by atoms with Crippen molar-refractivity contribution in [2.45, 2.75) is 19.8 Å². The molecule has 0 amide bonds. The van der Waals surface area contributed by atoms with E-state index in [0.717, 1.165) is 11.2 Å². The molecule has 6 rings (SSSR count). The molecule has 0 spiro atoms. The molecule has 6 heteroatoms. The van der Waals surface area contributed by atoms with Crippen molar-refractivity contribution in [3.8, 4) is 16.8 Å². The predicted molar refractivity (Wildman–Crippen MR) is 153 cm³/mol. The van der Waals surface area contributed by atoms with Gasteiger partial charge in [0.2, 0.25) is 0 Å². The zero-order chi connectivity index (χ0) is 25.5. The molecule has 1 aromatic heterocycles. The molecule has 0 aliphatic rings. The van der Waals surface area contributed by atoms with E-state index in [9.17, 15) is 8.76 Å². The maximum atomic E-state index is 10.8. The molecule has 0 aliphatic carbocycles. The average molecular weight is 505 g/mol. The monoisotopic (exact) mass is 504 g/mol. The van der Waals surface area contributed by atoms with Gasteiger partial charge in [0.1, 0.15) is 0 Å². The highest BCUT2D eigenvalue weighted by molar-refractivity contribution is 7.77. The molecule has 0 saturated carbocycles. The summed E-state index contributed by atoms with van der Waals surface area (Å²) in [6, 6.07) is 33.9. The average Bonchev–Trinajstić information content (AvgIpc) is 3.30. The maximum absolute atomic E-state index is 10.8. The van der Waals surface area contributed by atoms with E-state index in [-0.39, 0.29) is 0 Å². The molecule has 5 nitrogen and oxygen atoms in total. The van der Waals surface area contributed by atoms with Crippen molar-refractivity contribution in [2.75, 3.05) is 5.43 Å². The van der Waals surface area contributed by atoms with Crippen LogP contribution in [0.2, 0.25) is 0 Å². The van der Waals surface area contributed by atoms with Gasteiger partial charge in [-0.2, -0.15) is 4.83 Å². The molecule has 0 radical (unpaired) electrons. The third kappa shape index (κ3) is 4.29. The lowest BCUT2D eigenvalue weighted by molar-refractivity contribution is 0.528. The molecule has 2 N–H and O–H groups in total. The summed E-state index contributed by atoms with van der Waals surface area (Å²) in [6.07, 6.45) is 2.22. The van der Waals surface area contributed by atoms with Gasteiger partial charge in [0.05, 0.1) is 5.52 Å². The summed E-state index contributed by atoms with van der Waals surface area (Å²) >= 11 is -2.39. The highest BCUT2D eigenvalue weighted by atomic mass is 32.2. The van der Waals surface area contributed by atoms with E-state index in [1.807, 2.05) is 24.3 Å². The van der Waals surface area contributed by atoms with Gasteiger partial charge < -0.3 is 14.5 Å². The normalized spacial score (nSPS) is 12.5. The van der Waals surface area contributed by atoms with Crippen LogP contribution in [0.15, 0.2) is 103 Å². The Morgan fingerprint density at radius 2 is 1.43 bits per heavy atom. The quantitative estimate of drug-likeness (QED) is 0.141. The number of fused-ring (bicyclic) bond motifs is 3. The molecule has 0 aliphatic heterocycles. The van der Waals surface area contributed by atoms with Gasteiger partial charge in [-0.3, -0.25) is 4.21 Å². The molecule has 1 unspecified atom stereocenters. The summed E-state index contributed by atoms with van der Waals surface area (Å²) in [5.74, 6) is 0.366. The van der Waals surface area contributed by atoms with Crippen molar-refractivity contribution < 1.29 is 8.76 Å². The minimum Gasteiger partial charge on any atom is -0.759 e. The van der Waals surface area contributed by atoms with Gasteiger partial charge in [0.15, 0.2) is 0 Å². The van der Waals surface area contributed by atoms with Crippen molar-refractivity contribution in [3.63, 3.8) is 0 Å². The molecule has 37 heavy (non-hydrogen) atoms. The Bertz CT molecular complexity index is 1730. The number of hydrazine groups is 1. The van der Waals surface area contributed by atoms with Crippen molar-refractivity contribution in [3.05, 3.63) is 109 Å². The Morgan fingerprint density at radius 3 is 2.05 bits per heavy atom. The SMILES string of the molecule is CC(C)c1cn(-c2ccc(NNS(=O)[O-])cc2)c2cc(-c3c4ccccc4cc4ccccc34)ccc12. The van der Waals surface area contributed by atoms with Crippen LogP contribution in [0.1, 0.15) is 25.3 Å². The number of hydrogen-bond acceptors (Lipinski definition) is 3. The molecule has 5 aromatic carbocycles. The molecule has 0 bridgehead atoms. The van der Waals surface area contributed by atoms with E-state index in [0.29, 0.717) is 11.6 Å². The number of rotatable bonds is 6. The fraction of sp³-hybridized carbons (Fsp3) is 0.0968. The summed E-state index contributed by atoms with van der Waals surface area (Å²) in [6.45, 7) is 4.43. The van der Waals surface area contributed by atoms with E-state index in [4.69, 9.17) is 0 Å². The topological polar surface area (TPSA) is 69.1 Å². The van der Waals surface area contributed by atoms with Gasteiger partial charge in [-0.25, -0.2) is 0 Å². The first kappa shape index (κ1) is 23.4. The van der Waals surface area contributed by atoms with E-state index < -0.39 is 11.3 Å². The van der Waals surface area contributed by atoms with Crippen LogP contribution in [0.3, 0.4) is 0 Å². The third-order valence-electron chi connectivity index (χ3n) is 6.94. The first-order valence-corrected chi connectivity index (χ1v) is 13.3. The standard InChI is InChI=1S/C31H27N3O2S/c1-20(2)29-19-34(25-14-12-24(13-15-25)32-33-37(35)36)30-18-23(11-16-28(29)30)31-26-9-5-3-7-21(26)17-22-8-4-6-10-27(22)31/h3-20,32-33H,1-2H3,(H,35,36)/p-1. The van der Waals surface area contributed by atoms with Crippen LogP contribution in [0, 0.1) is 0 Å². The zero-order valence-electron chi connectivity index (χ0n) is 20.6. The van der Waals surface area contributed by atoms with Crippen molar-refractivity contribution in [2.24, 2.45) is 0 Å². The van der Waals surface area contributed by atoms with Crippen LogP contribution in [0.25, 0.3) is 49.3 Å². The minimum absolute atomic E-state index is 0.366. The summed E-state index contributed by atoms with van der Waals surface area (Å²) in [7, 11) is 0. The van der Waals surface area contributed by atoms with Crippen LogP contribution in [-0.4, -0.2) is 13.3 Å². The lowest BCUT2D eigenvalue weighted by Crippen LogP contribution is -2.23. The second kappa shape index (κ2) is 9.48. The second-order valence-corrected chi connectivity index (χ2v) is 10.2. The number of benzene rings is 5.